The summed E-state index contributed by atoms with van der Waals surface area (Å²) in [5.41, 5.74) is 13.5. The van der Waals surface area contributed by atoms with Crippen LogP contribution >= 0.6 is 0 Å². The summed E-state index contributed by atoms with van der Waals surface area (Å²) < 4.78 is 1.42. The molecule has 3 aromatic rings. The Bertz CT molecular complexity index is 1040. The van der Waals surface area contributed by atoms with Gasteiger partial charge in [0.25, 0.3) is 11.8 Å². The first-order valence-corrected chi connectivity index (χ1v) is 8.28. The molecule has 0 unspecified atom stereocenters. The molecule has 3 rings (SSSR count). The Kier molecular flexibility index (Phi) is 5.07. The van der Waals surface area contributed by atoms with Crippen LogP contribution in [0.4, 0.5) is 10.5 Å². The Morgan fingerprint density at radius 1 is 0.929 bits per heavy atom. The maximum absolute atomic E-state index is 11.6. The summed E-state index contributed by atoms with van der Waals surface area (Å²) in [5.74, 6) is -0.929. The highest BCUT2D eigenvalue weighted by atomic mass is 16.2. The second kappa shape index (κ2) is 7.62. The van der Waals surface area contributed by atoms with E-state index in [0.29, 0.717) is 11.3 Å². The van der Waals surface area contributed by atoms with E-state index in [4.69, 9.17) is 11.5 Å². The molecule has 0 saturated heterocycles. The molecule has 1 aromatic heterocycles. The number of hydrogen-bond donors (Lipinski definition) is 4. The topological polar surface area (TPSA) is 145 Å². The third-order valence-corrected chi connectivity index (χ3v) is 4.04. The van der Waals surface area contributed by atoms with E-state index < -0.39 is 11.9 Å². The number of primary amides is 2. The molecule has 2 aromatic carbocycles. The lowest BCUT2D eigenvalue weighted by Gasteiger charge is -2.06. The maximum atomic E-state index is 11.6. The van der Waals surface area contributed by atoms with Gasteiger partial charge in [-0.25, -0.2) is 9.48 Å². The maximum Gasteiger partial charge on any atom is 0.316 e. The lowest BCUT2D eigenvalue weighted by molar-refractivity contribution is 0.0961. The van der Waals surface area contributed by atoms with Crippen LogP contribution in [-0.4, -0.2) is 34.7 Å². The second-order valence-electron chi connectivity index (χ2n) is 5.89. The summed E-state index contributed by atoms with van der Waals surface area (Å²) in [4.78, 5) is 34.2. The minimum absolute atomic E-state index is 0.0901. The van der Waals surface area contributed by atoms with Gasteiger partial charge in [-0.2, -0.15) is 5.10 Å². The third kappa shape index (κ3) is 3.83. The van der Waals surface area contributed by atoms with Gasteiger partial charge < -0.3 is 22.1 Å². The largest absolute Gasteiger partial charge is 0.364 e. The van der Waals surface area contributed by atoms with Gasteiger partial charge in [-0.1, -0.05) is 24.3 Å². The highest BCUT2D eigenvalue weighted by Crippen LogP contribution is 2.23. The summed E-state index contributed by atoms with van der Waals surface area (Å²) in [5, 5.41) is 9.00. The Morgan fingerprint density at radius 3 is 2.00 bits per heavy atom. The first kappa shape index (κ1) is 18.6. The molecule has 0 aliphatic carbocycles. The molecule has 0 atom stereocenters. The number of carbonyl (C=O) groups is 3. The normalized spacial score (nSPS) is 10.3. The van der Waals surface area contributed by atoms with E-state index >= 15 is 0 Å². The standard InChI is InChI=1S/C19H18N6O3/c1-22-18(27)13-4-2-11(3-5-13)12-6-8-14(9-7-12)25-10-15(23-19(21)28)16(24-25)17(20)26/h2-10H,1H3,(H2,20,26)(H,22,27)(H3,21,23,28). The number of nitrogens with one attached hydrogen (secondary N) is 2. The summed E-state index contributed by atoms with van der Waals surface area (Å²) >= 11 is 0. The van der Waals surface area contributed by atoms with Crippen LogP contribution in [0.2, 0.25) is 0 Å². The van der Waals surface area contributed by atoms with Gasteiger partial charge >= 0.3 is 6.03 Å². The van der Waals surface area contributed by atoms with E-state index in [1.54, 1.807) is 31.3 Å². The summed E-state index contributed by atoms with van der Waals surface area (Å²) in [7, 11) is 1.58. The molecular formula is C19H18N6O3. The number of carbonyl (C=O) groups excluding carboxylic acids is 3. The van der Waals surface area contributed by atoms with Crippen LogP contribution in [0.25, 0.3) is 16.8 Å². The van der Waals surface area contributed by atoms with Crippen molar-refractivity contribution in [3.05, 3.63) is 66.0 Å². The predicted molar refractivity (Wildman–Crippen MR) is 104 cm³/mol. The number of hydrogen-bond acceptors (Lipinski definition) is 4. The van der Waals surface area contributed by atoms with E-state index in [1.165, 1.54) is 10.9 Å². The molecule has 0 aliphatic heterocycles. The van der Waals surface area contributed by atoms with Crippen molar-refractivity contribution in [3.63, 3.8) is 0 Å². The van der Waals surface area contributed by atoms with Crippen LogP contribution in [-0.2, 0) is 0 Å². The highest BCUT2D eigenvalue weighted by Gasteiger charge is 2.16. The van der Waals surface area contributed by atoms with E-state index in [1.807, 2.05) is 24.3 Å². The molecule has 9 heteroatoms. The monoisotopic (exact) mass is 378 g/mol. The van der Waals surface area contributed by atoms with Crippen LogP contribution in [0, 0.1) is 0 Å². The van der Waals surface area contributed by atoms with Gasteiger partial charge in [0.2, 0.25) is 0 Å². The third-order valence-electron chi connectivity index (χ3n) is 4.04. The molecule has 6 N–H and O–H groups in total. The fraction of sp³-hybridized carbons (Fsp3) is 0.0526. The number of nitrogens with two attached hydrogens (primary N) is 2. The molecule has 0 saturated carbocycles. The fourth-order valence-electron chi connectivity index (χ4n) is 2.68. The number of aromatic nitrogens is 2. The van der Waals surface area contributed by atoms with Crippen molar-refractivity contribution in [3.8, 4) is 16.8 Å². The molecule has 0 radical (unpaired) electrons. The van der Waals surface area contributed by atoms with Crippen LogP contribution in [0.1, 0.15) is 20.8 Å². The van der Waals surface area contributed by atoms with Gasteiger partial charge in [-0.15, -0.1) is 0 Å². The highest BCUT2D eigenvalue weighted by molar-refractivity contribution is 6.00. The molecule has 0 fully saturated rings. The number of anilines is 1. The number of benzene rings is 2. The average molecular weight is 378 g/mol. The molecular weight excluding hydrogens is 360 g/mol. The van der Waals surface area contributed by atoms with Crippen LogP contribution in [0.3, 0.4) is 0 Å². The zero-order chi connectivity index (χ0) is 20.3. The molecule has 1 heterocycles. The van der Waals surface area contributed by atoms with Crippen molar-refractivity contribution in [2.24, 2.45) is 11.5 Å². The van der Waals surface area contributed by atoms with Crippen molar-refractivity contribution in [1.29, 1.82) is 0 Å². The molecule has 28 heavy (non-hydrogen) atoms. The number of nitrogens with zero attached hydrogens (tertiary/aromatic N) is 2. The summed E-state index contributed by atoms with van der Waals surface area (Å²) in [6.07, 6.45) is 1.46. The van der Waals surface area contributed by atoms with Crippen LogP contribution in [0.5, 0.6) is 0 Å². The first-order chi connectivity index (χ1) is 13.4. The minimum Gasteiger partial charge on any atom is -0.364 e. The van der Waals surface area contributed by atoms with Gasteiger partial charge in [0.05, 0.1) is 17.6 Å². The lowest BCUT2D eigenvalue weighted by atomic mass is 10.0. The van der Waals surface area contributed by atoms with Crippen molar-refractivity contribution >= 4 is 23.5 Å². The molecule has 4 amide bonds. The van der Waals surface area contributed by atoms with Crippen molar-refractivity contribution in [2.75, 3.05) is 12.4 Å². The number of rotatable bonds is 5. The first-order valence-electron chi connectivity index (χ1n) is 8.28. The average Bonchev–Trinajstić information content (AvgIpc) is 3.11. The van der Waals surface area contributed by atoms with Crippen LogP contribution in [0.15, 0.2) is 54.7 Å². The fourth-order valence-corrected chi connectivity index (χ4v) is 2.68. The molecule has 0 bridgehead atoms. The molecule has 0 spiro atoms. The minimum atomic E-state index is -0.822. The van der Waals surface area contributed by atoms with E-state index in [2.05, 4.69) is 15.7 Å². The van der Waals surface area contributed by atoms with Crippen molar-refractivity contribution in [2.45, 2.75) is 0 Å². The van der Waals surface area contributed by atoms with Crippen LogP contribution < -0.4 is 22.1 Å². The van der Waals surface area contributed by atoms with Gasteiger partial charge in [0.15, 0.2) is 5.69 Å². The summed E-state index contributed by atoms with van der Waals surface area (Å²) in [6, 6.07) is 13.7. The smallest absolute Gasteiger partial charge is 0.316 e. The summed E-state index contributed by atoms with van der Waals surface area (Å²) in [6.45, 7) is 0. The van der Waals surface area contributed by atoms with E-state index in [9.17, 15) is 14.4 Å². The second-order valence-corrected chi connectivity index (χ2v) is 5.89. The van der Waals surface area contributed by atoms with Gasteiger partial charge in [0.1, 0.15) is 0 Å². The molecule has 142 valence electrons. The van der Waals surface area contributed by atoms with Gasteiger partial charge in [-0.05, 0) is 35.4 Å². The number of urea groups is 1. The molecule has 9 nitrogen and oxygen atoms in total. The van der Waals surface area contributed by atoms with Gasteiger partial charge in [-0.3, -0.25) is 9.59 Å². The van der Waals surface area contributed by atoms with E-state index in [0.717, 1.165) is 11.1 Å². The number of amides is 4. The Balaban J connectivity index is 1.87. The Morgan fingerprint density at radius 2 is 1.50 bits per heavy atom. The Hall–Kier alpha value is -4.14. The quantitative estimate of drug-likeness (QED) is 0.533. The zero-order valence-corrected chi connectivity index (χ0v) is 15.0. The predicted octanol–water partition coefficient (Wildman–Crippen LogP) is 1.49. The van der Waals surface area contributed by atoms with Crippen molar-refractivity contribution in [1.82, 2.24) is 15.1 Å². The SMILES string of the molecule is CNC(=O)c1ccc(-c2ccc(-n3cc(NC(N)=O)c(C(N)=O)n3)cc2)cc1. The zero-order valence-electron chi connectivity index (χ0n) is 15.0. The van der Waals surface area contributed by atoms with Crippen molar-refractivity contribution < 1.29 is 14.4 Å². The van der Waals surface area contributed by atoms with Gasteiger partial charge in [0, 0.05) is 12.6 Å². The Labute approximate surface area is 160 Å². The van der Waals surface area contributed by atoms with E-state index in [-0.39, 0.29) is 17.3 Å². The molecule has 0 aliphatic rings. The lowest BCUT2D eigenvalue weighted by Crippen LogP contribution is -2.22.